The van der Waals surface area contributed by atoms with Gasteiger partial charge in [-0.15, -0.1) is 0 Å². The van der Waals surface area contributed by atoms with Gasteiger partial charge < -0.3 is 25.0 Å². The highest BCUT2D eigenvalue weighted by molar-refractivity contribution is 6.01. The molecule has 1 saturated heterocycles. The van der Waals surface area contributed by atoms with E-state index in [-0.39, 0.29) is 11.9 Å². The molecule has 3 heterocycles. The predicted octanol–water partition coefficient (Wildman–Crippen LogP) is 4.20. The average Bonchev–Trinajstić information content (AvgIpc) is 3.55. The van der Waals surface area contributed by atoms with Crippen molar-refractivity contribution in [3.8, 4) is 16.9 Å². The van der Waals surface area contributed by atoms with E-state index in [2.05, 4.69) is 15.2 Å². The van der Waals surface area contributed by atoms with Crippen LogP contribution in [0.1, 0.15) is 17.5 Å². The van der Waals surface area contributed by atoms with Gasteiger partial charge in [0.15, 0.2) is 11.5 Å². The Morgan fingerprint density at radius 1 is 1.24 bits per heavy atom. The van der Waals surface area contributed by atoms with Crippen LogP contribution >= 0.6 is 0 Å². The Balaban J connectivity index is 1.60. The largest absolute Gasteiger partial charge is 0.497 e. The van der Waals surface area contributed by atoms with Crippen LogP contribution in [0, 0.1) is 5.82 Å². The van der Waals surface area contributed by atoms with Gasteiger partial charge in [-0.1, -0.05) is 24.3 Å². The SMILES string of the molecule is CNCc1ccc(-c2ccnc3c2c(N2CC[C@@H](N(C)C(=O)O)C2)nn3Cc2ccc(OC)cc2)cc1F. The second-order valence-corrected chi connectivity index (χ2v) is 9.50. The number of benzene rings is 2. The number of amides is 1. The van der Waals surface area contributed by atoms with E-state index in [1.807, 2.05) is 41.1 Å². The molecule has 5 rings (SSSR count). The van der Waals surface area contributed by atoms with Crippen LogP contribution in [-0.4, -0.2) is 71.2 Å². The fourth-order valence-electron chi connectivity index (χ4n) is 5.01. The summed E-state index contributed by atoms with van der Waals surface area (Å²) in [5.41, 5.74) is 3.87. The first-order chi connectivity index (χ1) is 18.4. The van der Waals surface area contributed by atoms with Gasteiger partial charge in [0.05, 0.1) is 25.1 Å². The predicted molar refractivity (Wildman–Crippen MR) is 144 cm³/mol. The number of carbonyl (C=O) groups is 1. The summed E-state index contributed by atoms with van der Waals surface area (Å²) < 4.78 is 22.1. The minimum Gasteiger partial charge on any atom is -0.497 e. The molecule has 2 N–H and O–H groups in total. The molecule has 1 fully saturated rings. The van der Waals surface area contributed by atoms with Crippen LogP contribution in [0.15, 0.2) is 54.7 Å². The van der Waals surface area contributed by atoms with E-state index in [9.17, 15) is 14.3 Å². The maximum atomic E-state index is 14.9. The molecule has 0 aliphatic carbocycles. The molecule has 1 aliphatic heterocycles. The standard InChI is InChI=1S/C28H31FN6O3/c1-30-15-20-7-6-19(14-24(20)29)23-10-12-31-26-25(23)27(34-13-11-21(17-34)33(2)28(36)37)32-35(26)16-18-4-8-22(38-3)9-5-18/h4-10,12,14,21,30H,11,13,15-17H2,1-3H3,(H,36,37)/t21-/m1/s1. The molecule has 2 aromatic carbocycles. The first kappa shape index (κ1) is 25.5. The molecule has 0 radical (unpaired) electrons. The molecular formula is C28H31FN6O3. The molecule has 38 heavy (non-hydrogen) atoms. The lowest BCUT2D eigenvalue weighted by atomic mass is 10.0. The quantitative estimate of drug-likeness (QED) is 0.361. The van der Waals surface area contributed by atoms with Gasteiger partial charge in [-0.2, -0.15) is 5.10 Å². The minimum atomic E-state index is -0.953. The van der Waals surface area contributed by atoms with Crippen molar-refractivity contribution < 1.29 is 19.0 Å². The van der Waals surface area contributed by atoms with Gasteiger partial charge in [-0.3, -0.25) is 0 Å². The van der Waals surface area contributed by atoms with E-state index in [0.29, 0.717) is 43.8 Å². The van der Waals surface area contributed by atoms with Crippen LogP contribution in [0.25, 0.3) is 22.2 Å². The summed E-state index contributed by atoms with van der Waals surface area (Å²) in [5.74, 6) is 1.21. The maximum absolute atomic E-state index is 14.9. The Kier molecular flexibility index (Phi) is 7.15. The van der Waals surface area contributed by atoms with E-state index in [1.165, 1.54) is 4.90 Å². The number of pyridine rings is 1. The monoisotopic (exact) mass is 518 g/mol. The number of carboxylic acid groups (broad SMARTS) is 1. The summed E-state index contributed by atoms with van der Waals surface area (Å²) >= 11 is 0. The van der Waals surface area contributed by atoms with Crippen molar-refractivity contribution in [3.63, 3.8) is 0 Å². The number of anilines is 1. The Labute approximate surface area is 220 Å². The summed E-state index contributed by atoms with van der Waals surface area (Å²) in [6, 6.07) is 14.8. The minimum absolute atomic E-state index is 0.146. The molecule has 0 spiro atoms. The van der Waals surface area contributed by atoms with E-state index in [4.69, 9.17) is 9.84 Å². The second-order valence-electron chi connectivity index (χ2n) is 9.50. The Morgan fingerprint density at radius 2 is 2.03 bits per heavy atom. The number of nitrogens with zero attached hydrogens (tertiary/aromatic N) is 5. The number of methoxy groups -OCH3 is 1. The van der Waals surface area contributed by atoms with Crippen molar-refractivity contribution >= 4 is 22.9 Å². The summed E-state index contributed by atoms with van der Waals surface area (Å²) in [4.78, 5) is 19.7. The third-order valence-corrected chi connectivity index (χ3v) is 7.15. The van der Waals surface area contributed by atoms with Crippen LogP contribution < -0.4 is 15.0 Å². The van der Waals surface area contributed by atoms with Gasteiger partial charge in [0.25, 0.3) is 0 Å². The number of ether oxygens (including phenoxy) is 1. The van der Waals surface area contributed by atoms with Crippen LogP contribution in [0.5, 0.6) is 5.75 Å². The lowest BCUT2D eigenvalue weighted by molar-refractivity contribution is 0.142. The number of halogens is 1. The van der Waals surface area contributed by atoms with Gasteiger partial charge in [0.2, 0.25) is 0 Å². The number of hydrogen-bond donors (Lipinski definition) is 2. The molecule has 1 aliphatic rings. The smallest absolute Gasteiger partial charge is 0.407 e. The zero-order chi connectivity index (χ0) is 26.8. The van der Waals surface area contributed by atoms with Crippen molar-refractivity contribution in [2.24, 2.45) is 0 Å². The van der Waals surface area contributed by atoms with Crippen LogP contribution in [0.4, 0.5) is 15.0 Å². The van der Waals surface area contributed by atoms with Gasteiger partial charge in [-0.05, 0) is 54.4 Å². The third kappa shape index (κ3) is 4.87. The molecule has 0 saturated carbocycles. The molecule has 10 heteroatoms. The van der Waals surface area contributed by atoms with Crippen LogP contribution in [0.3, 0.4) is 0 Å². The number of hydrogen-bond acceptors (Lipinski definition) is 6. The van der Waals surface area contributed by atoms with E-state index in [1.54, 1.807) is 39.5 Å². The number of nitrogens with one attached hydrogen (secondary N) is 1. The zero-order valence-corrected chi connectivity index (χ0v) is 21.7. The van der Waals surface area contributed by atoms with Gasteiger partial charge in [0, 0.05) is 38.4 Å². The summed E-state index contributed by atoms with van der Waals surface area (Å²) in [6.45, 7) is 2.09. The number of rotatable bonds is 8. The van der Waals surface area contributed by atoms with Crippen molar-refractivity contribution in [3.05, 3.63) is 71.7 Å². The molecule has 9 nitrogen and oxygen atoms in total. The highest BCUT2D eigenvalue weighted by atomic mass is 19.1. The Bertz CT molecular complexity index is 1460. The lowest BCUT2D eigenvalue weighted by Gasteiger charge is -2.22. The molecule has 1 atom stereocenters. The van der Waals surface area contributed by atoms with Gasteiger partial charge in [-0.25, -0.2) is 18.9 Å². The molecule has 1 amide bonds. The molecule has 4 aromatic rings. The van der Waals surface area contributed by atoms with Crippen molar-refractivity contribution in [1.29, 1.82) is 0 Å². The average molecular weight is 519 g/mol. The van der Waals surface area contributed by atoms with E-state index in [0.717, 1.165) is 33.6 Å². The summed E-state index contributed by atoms with van der Waals surface area (Å²) in [7, 11) is 5.01. The third-order valence-electron chi connectivity index (χ3n) is 7.15. The fraction of sp³-hybridized carbons (Fsp3) is 0.321. The van der Waals surface area contributed by atoms with Crippen molar-refractivity contribution in [1.82, 2.24) is 25.0 Å². The van der Waals surface area contributed by atoms with Crippen LogP contribution in [-0.2, 0) is 13.1 Å². The molecule has 0 unspecified atom stereocenters. The van der Waals surface area contributed by atoms with E-state index >= 15 is 0 Å². The number of aromatic nitrogens is 3. The van der Waals surface area contributed by atoms with Crippen LogP contribution in [0.2, 0.25) is 0 Å². The highest BCUT2D eigenvalue weighted by Crippen LogP contribution is 2.37. The lowest BCUT2D eigenvalue weighted by Crippen LogP contribution is -2.38. The van der Waals surface area contributed by atoms with Crippen molar-refractivity contribution in [2.75, 3.05) is 39.2 Å². The zero-order valence-electron chi connectivity index (χ0n) is 21.7. The summed E-state index contributed by atoms with van der Waals surface area (Å²) in [5, 5.41) is 18.3. The second kappa shape index (κ2) is 10.7. The normalized spacial score (nSPS) is 15.3. The number of likely N-dealkylation sites (N-methyl/N-ethyl adjacent to an activating group) is 1. The van der Waals surface area contributed by atoms with Gasteiger partial charge in [0.1, 0.15) is 11.6 Å². The van der Waals surface area contributed by atoms with E-state index < -0.39 is 6.09 Å². The van der Waals surface area contributed by atoms with Gasteiger partial charge >= 0.3 is 6.09 Å². The van der Waals surface area contributed by atoms with Crippen molar-refractivity contribution in [2.45, 2.75) is 25.6 Å². The Hall–Kier alpha value is -4.18. The topological polar surface area (TPSA) is 95.8 Å². The number of fused-ring (bicyclic) bond motifs is 1. The molecule has 2 aromatic heterocycles. The molecule has 198 valence electrons. The summed E-state index contributed by atoms with van der Waals surface area (Å²) in [6.07, 6.45) is 1.46. The highest BCUT2D eigenvalue weighted by Gasteiger charge is 2.32. The first-order valence-electron chi connectivity index (χ1n) is 12.5. The first-order valence-corrected chi connectivity index (χ1v) is 12.5. The fourth-order valence-corrected chi connectivity index (χ4v) is 5.01. The molecule has 0 bridgehead atoms. The Morgan fingerprint density at radius 3 is 2.71 bits per heavy atom. The maximum Gasteiger partial charge on any atom is 0.407 e. The molecular weight excluding hydrogens is 487 g/mol.